The van der Waals surface area contributed by atoms with E-state index in [0.29, 0.717) is 25.1 Å². The Morgan fingerprint density at radius 2 is 2.20 bits per heavy atom. The van der Waals surface area contributed by atoms with Gasteiger partial charge in [-0.2, -0.15) is 0 Å². The predicted molar refractivity (Wildman–Crippen MR) is 81.8 cm³/mol. The van der Waals surface area contributed by atoms with E-state index in [2.05, 4.69) is 29.4 Å². The average molecular weight is 285 g/mol. The van der Waals surface area contributed by atoms with Gasteiger partial charge in [0.1, 0.15) is 0 Å². The van der Waals surface area contributed by atoms with E-state index in [9.17, 15) is 4.79 Å². The number of rotatable bonds is 8. The van der Waals surface area contributed by atoms with Crippen LogP contribution in [0.15, 0.2) is 0 Å². The molecule has 5 nitrogen and oxygen atoms in total. The Bertz CT molecular complexity index is 278. The average Bonchev–Trinajstić information content (AvgIpc) is 2.45. The Balaban J connectivity index is 2.48. The van der Waals surface area contributed by atoms with Crippen LogP contribution in [0.1, 0.15) is 33.6 Å². The van der Waals surface area contributed by atoms with Gasteiger partial charge in [0.25, 0.3) is 0 Å². The highest BCUT2D eigenvalue weighted by atomic mass is 16.5. The van der Waals surface area contributed by atoms with Crippen LogP contribution in [0.25, 0.3) is 0 Å². The van der Waals surface area contributed by atoms with Crippen LogP contribution in [-0.4, -0.2) is 62.8 Å². The molecular formula is C15H31N3O2. The zero-order chi connectivity index (χ0) is 15.0. The fourth-order valence-corrected chi connectivity index (χ4v) is 2.77. The Kier molecular flexibility index (Phi) is 8.11. The largest absolute Gasteiger partial charge is 0.383 e. The van der Waals surface area contributed by atoms with Gasteiger partial charge in [-0.05, 0) is 52.6 Å². The molecule has 0 spiro atoms. The molecule has 0 bridgehead atoms. The lowest BCUT2D eigenvalue weighted by molar-refractivity contribution is -0.127. The van der Waals surface area contributed by atoms with Gasteiger partial charge in [0.2, 0.25) is 5.91 Å². The van der Waals surface area contributed by atoms with Gasteiger partial charge in [0, 0.05) is 26.2 Å². The molecule has 0 aromatic carbocycles. The lowest BCUT2D eigenvalue weighted by atomic mass is 9.97. The van der Waals surface area contributed by atoms with Crippen LogP contribution in [-0.2, 0) is 9.53 Å². The molecule has 1 aliphatic rings. The highest BCUT2D eigenvalue weighted by molar-refractivity contribution is 5.81. The monoisotopic (exact) mass is 285 g/mol. The number of carbonyl (C=O) groups is 1. The van der Waals surface area contributed by atoms with Gasteiger partial charge in [0.05, 0.1) is 12.6 Å². The minimum absolute atomic E-state index is 0.0891. The molecule has 0 saturated carbocycles. The van der Waals surface area contributed by atoms with Gasteiger partial charge >= 0.3 is 0 Å². The summed E-state index contributed by atoms with van der Waals surface area (Å²) in [5, 5.41) is 6.38. The molecule has 0 aliphatic carbocycles. The Labute approximate surface area is 123 Å². The number of hydrogen-bond donors (Lipinski definition) is 2. The van der Waals surface area contributed by atoms with Crippen molar-refractivity contribution in [3.63, 3.8) is 0 Å². The van der Waals surface area contributed by atoms with E-state index < -0.39 is 0 Å². The Hall–Kier alpha value is -0.650. The van der Waals surface area contributed by atoms with Gasteiger partial charge in [-0.3, -0.25) is 9.69 Å². The summed E-state index contributed by atoms with van der Waals surface area (Å²) in [6, 6.07) is 0.286. The first-order valence-corrected chi connectivity index (χ1v) is 7.79. The van der Waals surface area contributed by atoms with Gasteiger partial charge < -0.3 is 15.4 Å². The van der Waals surface area contributed by atoms with Crippen molar-refractivity contribution >= 4 is 5.91 Å². The van der Waals surface area contributed by atoms with E-state index in [0.717, 1.165) is 19.6 Å². The van der Waals surface area contributed by atoms with Crippen LogP contribution in [0, 0.1) is 5.92 Å². The van der Waals surface area contributed by atoms with E-state index in [-0.39, 0.29) is 11.9 Å². The van der Waals surface area contributed by atoms with Crippen LogP contribution < -0.4 is 10.6 Å². The van der Waals surface area contributed by atoms with E-state index in [1.165, 1.54) is 12.8 Å². The number of piperidine rings is 1. The number of ether oxygens (including phenoxy) is 1. The number of methoxy groups -OCH3 is 1. The molecule has 1 saturated heterocycles. The normalized spacial score (nSPS) is 21.2. The van der Waals surface area contributed by atoms with Crippen molar-refractivity contribution in [1.29, 1.82) is 0 Å². The molecule has 1 rings (SSSR count). The minimum atomic E-state index is -0.0891. The first-order valence-electron chi connectivity index (χ1n) is 7.79. The standard InChI is InChI=1S/C15H31N3O2/c1-12(2)18(11-14-6-5-7-16-10-14)13(3)15(19)17-8-9-20-4/h12-14,16H,5-11H2,1-4H3,(H,17,19). The first kappa shape index (κ1) is 17.4. The molecule has 0 radical (unpaired) electrons. The third kappa shape index (κ3) is 5.77. The van der Waals surface area contributed by atoms with Gasteiger partial charge in [0.15, 0.2) is 0 Å². The van der Waals surface area contributed by atoms with Gasteiger partial charge in [-0.1, -0.05) is 0 Å². The van der Waals surface area contributed by atoms with Gasteiger partial charge in [-0.15, -0.1) is 0 Å². The quantitative estimate of drug-likeness (QED) is 0.649. The van der Waals surface area contributed by atoms with Crippen LogP contribution in [0.2, 0.25) is 0 Å². The van der Waals surface area contributed by atoms with Crippen LogP contribution in [0.5, 0.6) is 0 Å². The van der Waals surface area contributed by atoms with Crippen molar-refractivity contribution in [3.8, 4) is 0 Å². The van der Waals surface area contributed by atoms with E-state index in [1.807, 2.05) is 6.92 Å². The molecule has 1 heterocycles. The third-order valence-electron chi connectivity index (χ3n) is 4.01. The van der Waals surface area contributed by atoms with Crippen molar-refractivity contribution in [2.24, 2.45) is 5.92 Å². The maximum atomic E-state index is 12.2. The highest BCUT2D eigenvalue weighted by Gasteiger charge is 2.26. The Morgan fingerprint density at radius 1 is 1.45 bits per heavy atom. The molecule has 2 N–H and O–H groups in total. The summed E-state index contributed by atoms with van der Waals surface area (Å²) in [7, 11) is 1.64. The SMILES string of the molecule is COCCNC(=O)C(C)N(CC1CCCNC1)C(C)C. The van der Waals surface area contributed by atoms with Crippen molar-refractivity contribution < 1.29 is 9.53 Å². The smallest absolute Gasteiger partial charge is 0.237 e. The predicted octanol–water partition coefficient (Wildman–Crippen LogP) is 0.848. The van der Waals surface area contributed by atoms with Crippen LogP contribution >= 0.6 is 0 Å². The van der Waals surface area contributed by atoms with Crippen molar-refractivity contribution in [1.82, 2.24) is 15.5 Å². The molecule has 118 valence electrons. The molecule has 20 heavy (non-hydrogen) atoms. The molecule has 2 unspecified atom stereocenters. The molecule has 2 atom stereocenters. The zero-order valence-corrected chi connectivity index (χ0v) is 13.4. The summed E-state index contributed by atoms with van der Waals surface area (Å²) in [4.78, 5) is 14.5. The van der Waals surface area contributed by atoms with Crippen molar-refractivity contribution in [3.05, 3.63) is 0 Å². The molecule has 0 aromatic rings. The van der Waals surface area contributed by atoms with E-state index in [1.54, 1.807) is 7.11 Å². The number of hydrogen-bond acceptors (Lipinski definition) is 4. The minimum Gasteiger partial charge on any atom is -0.383 e. The fraction of sp³-hybridized carbons (Fsp3) is 0.933. The summed E-state index contributed by atoms with van der Waals surface area (Å²) in [6.45, 7) is 10.7. The second-order valence-electron chi connectivity index (χ2n) is 5.96. The summed E-state index contributed by atoms with van der Waals surface area (Å²) in [6.07, 6.45) is 2.50. The maximum absolute atomic E-state index is 12.2. The number of carbonyl (C=O) groups excluding carboxylic acids is 1. The second kappa shape index (κ2) is 9.32. The van der Waals surface area contributed by atoms with E-state index >= 15 is 0 Å². The number of nitrogens with one attached hydrogen (secondary N) is 2. The van der Waals surface area contributed by atoms with Crippen molar-refractivity contribution in [2.45, 2.75) is 45.7 Å². The maximum Gasteiger partial charge on any atom is 0.237 e. The molecule has 0 aromatic heterocycles. The second-order valence-corrected chi connectivity index (χ2v) is 5.96. The third-order valence-corrected chi connectivity index (χ3v) is 4.01. The summed E-state index contributed by atoms with van der Waals surface area (Å²) >= 11 is 0. The molecule has 1 fully saturated rings. The molecular weight excluding hydrogens is 254 g/mol. The fourth-order valence-electron chi connectivity index (χ4n) is 2.77. The van der Waals surface area contributed by atoms with Crippen LogP contribution in [0.4, 0.5) is 0 Å². The van der Waals surface area contributed by atoms with Crippen molar-refractivity contribution in [2.75, 3.05) is 39.9 Å². The Morgan fingerprint density at radius 3 is 2.75 bits per heavy atom. The lowest BCUT2D eigenvalue weighted by Crippen LogP contribution is -2.51. The van der Waals surface area contributed by atoms with E-state index in [4.69, 9.17) is 4.74 Å². The molecule has 1 aliphatic heterocycles. The van der Waals surface area contributed by atoms with Crippen LogP contribution in [0.3, 0.4) is 0 Å². The summed E-state index contributed by atoms with van der Waals surface area (Å²) in [5.41, 5.74) is 0. The topological polar surface area (TPSA) is 53.6 Å². The summed E-state index contributed by atoms with van der Waals surface area (Å²) in [5.74, 6) is 0.750. The molecule has 5 heteroatoms. The first-order chi connectivity index (χ1) is 9.56. The number of nitrogens with zero attached hydrogens (tertiary/aromatic N) is 1. The summed E-state index contributed by atoms with van der Waals surface area (Å²) < 4.78 is 4.96. The highest BCUT2D eigenvalue weighted by Crippen LogP contribution is 2.16. The number of amides is 1. The lowest BCUT2D eigenvalue weighted by Gasteiger charge is -2.36. The van der Waals surface area contributed by atoms with Gasteiger partial charge in [-0.25, -0.2) is 0 Å². The zero-order valence-electron chi connectivity index (χ0n) is 13.4. The molecule has 1 amide bonds.